The summed E-state index contributed by atoms with van der Waals surface area (Å²) < 4.78 is 28.7. The van der Waals surface area contributed by atoms with Crippen LogP contribution >= 0.6 is 0 Å². The fraction of sp³-hybridized carbons (Fsp3) is 0.167. The van der Waals surface area contributed by atoms with Crippen molar-refractivity contribution in [1.29, 1.82) is 0 Å². The van der Waals surface area contributed by atoms with Gasteiger partial charge in [0.25, 0.3) is 5.91 Å². The molecule has 1 amide bonds. The van der Waals surface area contributed by atoms with Crippen LogP contribution in [0.15, 0.2) is 84.0 Å². The number of imidazole rings is 1. The van der Waals surface area contributed by atoms with Crippen molar-refractivity contribution >= 4 is 32.7 Å². The number of anilines is 1. The van der Waals surface area contributed by atoms with Crippen LogP contribution in [0.5, 0.6) is 0 Å². The highest BCUT2D eigenvalue weighted by atomic mass is 32.2. The number of aromatic nitrogens is 2. The number of carbonyl (C=O) groups excluding carboxylic acids is 1. The van der Waals surface area contributed by atoms with Gasteiger partial charge in [0.2, 0.25) is 10.0 Å². The Morgan fingerprint density at radius 1 is 1.00 bits per heavy atom. The maximum absolute atomic E-state index is 12.8. The van der Waals surface area contributed by atoms with Gasteiger partial charge in [0, 0.05) is 30.0 Å². The molecule has 7 nitrogen and oxygen atoms in total. The van der Waals surface area contributed by atoms with Crippen LogP contribution in [0, 0.1) is 0 Å². The van der Waals surface area contributed by atoms with Crippen LogP contribution in [0.1, 0.15) is 24.2 Å². The van der Waals surface area contributed by atoms with Gasteiger partial charge in [-0.2, -0.15) is 4.31 Å². The van der Waals surface area contributed by atoms with Gasteiger partial charge in [-0.1, -0.05) is 18.2 Å². The Morgan fingerprint density at radius 2 is 1.72 bits per heavy atom. The highest BCUT2D eigenvalue weighted by Gasteiger charge is 2.24. The molecule has 0 saturated heterocycles. The van der Waals surface area contributed by atoms with Crippen molar-refractivity contribution in [1.82, 2.24) is 13.9 Å². The number of nitrogens with one attached hydrogen (secondary N) is 1. The number of sulfonamides is 1. The first-order valence-electron chi connectivity index (χ1n) is 10.2. The van der Waals surface area contributed by atoms with Crippen LogP contribution in [0.4, 0.5) is 5.69 Å². The number of para-hydroxylation sites is 2. The van der Waals surface area contributed by atoms with Gasteiger partial charge in [-0.3, -0.25) is 9.36 Å². The number of hydrogen-bond acceptors (Lipinski definition) is 4. The number of carbonyl (C=O) groups is 1. The molecule has 4 aromatic rings. The predicted molar refractivity (Wildman–Crippen MR) is 126 cm³/mol. The van der Waals surface area contributed by atoms with Gasteiger partial charge in [0.1, 0.15) is 6.33 Å². The molecule has 0 spiro atoms. The first-order chi connectivity index (χ1) is 15.3. The highest BCUT2D eigenvalue weighted by molar-refractivity contribution is 7.89. The summed E-state index contributed by atoms with van der Waals surface area (Å²) in [4.78, 5) is 17.2. The van der Waals surface area contributed by atoms with E-state index in [0.717, 1.165) is 16.7 Å². The van der Waals surface area contributed by atoms with E-state index in [4.69, 9.17) is 0 Å². The standard InChI is InChI=1S/C24H24N4O3S/c1-17(2)27(3)32(30,31)21-8-6-7-18(15-21)24(29)26-19-11-13-20(14-12-19)28-16-25-22-9-4-5-10-23(22)28/h4-17H,1-3H3,(H,26,29). The number of amides is 1. The minimum absolute atomic E-state index is 0.0867. The summed E-state index contributed by atoms with van der Waals surface area (Å²) in [6.07, 6.45) is 1.76. The van der Waals surface area contributed by atoms with Crippen molar-refractivity contribution < 1.29 is 13.2 Å². The average molecular weight is 449 g/mol. The van der Waals surface area contributed by atoms with Crippen LogP contribution in [0.2, 0.25) is 0 Å². The van der Waals surface area contributed by atoms with Gasteiger partial charge >= 0.3 is 0 Å². The molecule has 0 aliphatic carbocycles. The minimum atomic E-state index is -3.67. The van der Waals surface area contributed by atoms with E-state index in [9.17, 15) is 13.2 Å². The molecular formula is C24H24N4O3S. The zero-order valence-corrected chi connectivity index (χ0v) is 18.9. The van der Waals surface area contributed by atoms with Crippen molar-refractivity contribution in [2.45, 2.75) is 24.8 Å². The molecule has 1 aromatic heterocycles. The molecular weight excluding hydrogens is 424 g/mol. The second kappa shape index (κ2) is 8.57. The van der Waals surface area contributed by atoms with Crippen LogP contribution in [0.3, 0.4) is 0 Å². The molecule has 0 radical (unpaired) electrons. The first kappa shape index (κ1) is 21.7. The largest absolute Gasteiger partial charge is 0.322 e. The molecule has 0 saturated carbocycles. The molecule has 32 heavy (non-hydrogen) atoms. The first-order valence-corrected chi connectivity index (χ1v) is 11.6. The number of hydrogen-bond donors (Lipinski definition) is 1. The Kier molecular flexibility index (Phi) is 5.82. The Hall–Kier alpha value is -3.49. The molecule has 164 valence electrons. The van der Waals surface area contributed by atoms with E-state index in [1.54, 1.807) is 44.4 Å². The van der Waals surface area contributed by atoms with Gasteiger partial charge in [0.05, 0.1) is 15.9 Å². The predicted octanol–water partition coefficient (Wildman–Crippen LogP) is 4.31. The lowest BCUT2D eigenvalue weighted by Gasteiger charge is -2.21. The average Bonchev–Trinajstić information content (AvgIpc) is 3.23. The number of nitrogens with zero attached hydrogens (tertiary/aromatic N) is 3. The van der Waals surface area contributed by atoms with Gasteiger partial charge in [-0.05, 0) is 68.4 Å². The fourth-order valence-corrected chi connectivity index (χ4v) is 4.73. The van der Waals surface area contributed by atoms with E-state index in [0.29, 0.717) is 5.69 Å². The molecule has 0 bridgehead atoms. The Labute approximate surface area is 187 Å². The van der Waals surface area contributed by atoms with Crippen LogP contribution in [-0.2, 0) is 10.0 Å². The normalized spacial score (nSPS) is 11.9. The van der Waals surface area contributed by atoms with E-state index in [2.05, 4.69) is 10.3 Å². The van der Waals surface area contributed by atoms with E-state index in [1.165, 1.54) is 23.5 Å². The zero-order valence-electron chi connectivity index (χ0n) is 18.1. The third-order valence-electron chi connectivity index (χ3n) is 5.36. The second-order valence-corrected chi connectivity index (χ2v) is 9.74. The molecule has 0 aliphatic rings. The van der Waals surface area contributed by atoms with Gasteiger partial charge < -0.3 is 5.32 Å². The Morgan fingerprint density at radius 3 is 2.44 bits per heavy atom. The van der Waals surface area contributed by atoms with E-state index >= 15 is 0 Å². The summed E-state index contributed by atoms with van der Waals surface area (Å²) in [6, 6.07) is 21.1. The molecule has 3 aromatic carbocycles. The summed E-state index contributed by atoms with van der Waals surface area (Å²) in [5.74, 6) is -0.380. The molecule has 1 N–H and O–H groups in total. The van der Waals surface area contributed by atoms with E-state index in [-0.39, 0.29) is 22.4 Å². The topological polar surface area (TPSA) is 84.3 Å². The number of benzene rings is 3. The summed E-state index contributed by atoms with van der Waals surface area (Å²) in [5.41, 5.74) is 3.70. The summed E-state index contributed by atoms with van der Waals surface area (Å²) >= 11 is 0. The summed E-state index contributed by atoms with van der Waals surface area (Å²) in [6.45, 7) is 3.59. The zero-order chi connectivity index (χ0) is 22.9. The van der Waals surface area contributed by atoms with Gasteiger partial charge in [0.15, 0.2) is 0 Å². The van der Waals surface area contributed by atoms with Crippen molar-refractivity contribution in [3.05, 3.63) is 84.7 Å². The lowest BCUT2D eigenvalue weighted by atomic mass is 10.2. The maximum Gasteiger partial charge on any atom is 0.255 e. The van der Waals surface area contributed by atoms with E-state index < -0.39 is 10.0 Å². The molecule has 0 fully saturated rings. The quantitative estimate of drug-likeness (QED) is 0.476. The van der Waals surface area contributed by atoms with Crippen LogP contribution in [0.25, 0.3) is 16.7 Å². The monoisotopic (exact) mass is 448 g/mol. The van der Waals surface area contributed by atoms with Gasteiger partial charge in [-0.25, -0.2) is 13.4 Å². The second-order valence-electron chi connectivity index (χ2n) is 7.75. The highest BCUT2D eigenvalue weighted by Crippen LogP contribution is 2.21. The van der Waals surface area contributed by atoms with Crippen LogP contribution in [-0.4, -0.2) is 41.3 Å². The lowest BCUT2D eigenvalue weighted by molar-refractivity contribution is 0.102. The SMILES string of the molecule is CC(C)N(C)S(=O)(=O)c1cccc(C(=O)Nc2ccc(-n3cnc4ccccc43)cc2)c1. The molecule has 4 rings (SSSR count). The Balaban J connectivity index is 1.54. The van der Waals surface area contributed by atoms with Crippen molar-refractivity contribution in [3.8, 4) is 5.69 Å². The third-order valence-corrected chi connectivity index (χ3v) is 7.39. The van der Waals surface area contributed by atoms with E-state index in [1.807, 2.05) is 41.0 Å². The molecule has 0 unspecified atom stereocenters. The maximum atomic E-state index is 12.8. The summed E-state index contributed by atoms with van der Waals surface area (Å²) in [5, 5.41) is 2.83. The number of rotatable bonds is 6. The molecule has 0 aliphatic heterocycles. The molecule has 0 atom stereocenters. The molecule has 8 heteroatoms. The third kappa shape index (κ3) is 4.15. The Bertz CT molecular complexity index is 1380. The lowest BCUT2D eigenvalue weighted by Crippen LogP contribution is -2.33. The number of fused-ring (bicyclic) bond motifs is 1. The van der Waals surface area contributed by atoms with Gasteiger partial charge in [-0.15, -0.1) is 0 Å². The van der Waals surface area contributed by atoms with Crippen molar-refractivity contribution in [2.75, 3.05) is 12.4 Å². The van der Waals surface area contributed by atoms with Crippen molar-refractivity contribution in [2.24, 2.45) is 0 Å². The minimum Gasteiger partial charge on any atom is -0.322 e. The smallest absolute Gasteiger partial charge is 0.255 e. The summed E-state index contributed by atoms with van der Waals surface area (Å²) in [7, 11) is -2.15. The van der Waals surface area contributed by atoms with Crippen molar-refractivity contribution in [3.63, 3.8) is 0 Å². The fourth-order valence-electron chi connectivity index (χ4n) is 3.32. The van der Waals surface area contributed by atoms with Crippen LogP contribution < -0.4 is 5.32 Å². The molecule has 1 heterocycles.